The maximum absolute atomic E-state index is 4.70. The molecular weight excluding hydrogens is 324 g/mol. The Morgan fingerprint density at radius 3 is 2.73 bits per heavy atom. The molecule has 0 aliphatic rings. The van der Waals surface area contributed by atoms with Crippen molar-refractivity contribution >= 4 is 23.0 Å². The molecule has 3 aromatic heterocycles. The molecule has 1 aromatic carbocycles. The summed E-state index contributed by atoms with van der Waals surface area (Å²) < 4.78 is 2.05. The number of aryl methyl sites for hydroxylation is 1. The summed E-state index contributed by atoms with van der Waals surface area (Å²) in [6.45, 7) is 2.00. The normalized spacial score (nSPS) is 10.9. The van der Waals surface area contributed by atoms with Crippen molar-refractivity contribution in [2.45, 2.75) is 6.92 Å². The minimum absolute atomic E-state index is 0.559. The third-order valence-electron chi connectivity index (χ3n) is 4.22. The smallest absolute Gasteiger partial charge is 0.227 e. The lowest BCUT2D eigenvalue weighted by atomic mass is 10.2. The van der Waals surface area contributed by atoms with Crippen molar-refractivity contribution in [3.05, 3.63) is 66.6 Å². The lowest BCUT2D eigenvalue weighted by molar-refractivity contribution is 1.12. The van der Waals surface area contributed by atoms with Gasteiger partial charge in [-0.2, -0.15) is 0 Å². The van der Waals surface area contributed by atoms with Crippen LogP contribution in [0.15, 0.2) is 60.9 Å². The Morgan fingerprint density at radius 2 is 1.88 bits per heavy atom. The molecule has 1 N–H and O–H groups in total. The Labute approximate surface area is 152 Å². The van der Waals surface area contributed by atoms with Crippen molar-refractivity contribution in [1.82, 2.24) is 19.4 Å². The van der Waals surface area contributed by atoms with E-state index in [1.807, 2.05) is 68.0 Å². The Bertz CT molecular complexity index is 1070. The summed E-state index contributed by atoms with van der Waals surface area (Å²) in [5, 5.41) is 3.29. The lowest BCUT2D eigenvalue weighted by Gasteiger charge is -2.14. The van der Waals surface area contributed by atoms with Crippen LogP contribution in [0.25, 0.3) is 17.0 Å². The van der Waals surface area contributed by atoms with Gasteiger partial charge in [0, 0.05) is 37.9 Å². The molecule has 0 aliphatic carbocycles. The van der Waals surface area contributed by atoms with Gasteiger partial charge < -0.3 is 10.2 Å². The van der Waals surface area contributed by atoms with E-state index in [-0.39, 0.29) is 0 Å². The molecule has 0 bridgehead atoms. The number of hydrogen-bond donors (Lipinski definition) is 1. The molecule has 0 radical (unpaired) electrons. The van der Waals surface area contributed by atoms with Gasteiger partial charge >= 0.3 is 0 Å². The number of fused-ring (bicyclic) bond motifs is 1. The summed E-state index contributed by atoms with van der Waals surface area (Å²) in [7, 11) is 4.04. The van der Waals surface area contributed by atoms with Crippen LogP contribution in [-0.4, -0.2) is 33.4 Å². The fourth-order valence-corrected chi connectivity index (χ4v) is 2.96. The van der Waals surface area contributed by atoms with Crippen molar-refractivity contribution < 1.29 is 0 Å². The number of nitrogens with zero attached hydrogens (tertiary/aromatic N) is 5. The molecule has 26 heavy (non-hydrogen) atoms. The number of pyridine rings is 1. The van der Waals surface area contributed by atoms with Gasteiger partial charge in [0.1, 0.15) is 5.65 Å². The molecule has 130 valence electrons. The van der Waals surface area contributed by atoms with Crippen LogP contribution in [0.3, 0.4) is 0 Å². The van der Waals surface area contributed by atoms with E-state index in [1.54, 1.807) is 6.20 Å². The molecular formula is C20H20N6. The number of imidazole rings is 1. The fraction of sp³-hybridized carbons (Fsp3) is 0.150. The molecule has 0 atom stereocenters. The molecule has 0 unspecified atom stereocenters. The van der Waals surface area contributed by atoms with Crippen LogP contribution in [-0.2, 0) is 0 Å². The van der Waals surface area contributed by atoms with Crippen molar-refractivity contribution in [1.29, 1.82) is 0 Å². The molecule has 4 aromatic rings. The van der Waals surface area contributed by atoms with E-state index in [4.69, 9.17) is 4.98 Å². The van der Waals surface area contributed by atoms with Crippen molar-refractivity contribution in [3.63, 3.8) is 0 Å². The molecule has 0 saturated carbocycles. The van der Waals surface area contributed by atoms with Crippen molar-refractivity contribution in [2.24, 2.45) is 0 Å². The van der Waals surface area contributed by atoms with Crippen LogP contribution in [0.4, 0.5) is 17.3 Å². The molecule has 4 rings (SSSR count). The number of nitrogens with one attached hydrogen (secondary N) is 1. The van der Waals surface area contributed by atoms with E-state index >= 15 is 0 Å². The van der Waals surface area contributed by atoms with Gasteiger partial charge in [-0.05, 0) is 43.3 Å². The first-order valence-electron chi connectivity index (χ1n) is 8.43. The quantitative estimate of drug-likeness (QED) is 0.608. The fourth-order valence-electron chi connectivity index (χ4n) is 2.96. The predicted molar refractivity (Wildman–Crippen MR) is 105 cm³/mol. The van der Waals surface area contributed by atoms with Gasteiger partial charge in [0.15, 0.2) is 0 Å². The zero-order valence-corrected chi connectivity index (χ0v) is 15.0. The van der Waals surface area contributed by atoms with Gasteiger partial charge in [0.2, 0.25) is 5.95 Å². The second-order valence-corrected chi connectivity index (χ2v) is 6.31. The van der Waals surface area contributed by atoms with Crippen LogP contribution >= 0.6 is 0 Å². The van der Waals surface area contributed by atoms with Crippen LogP contribution in [0, 0.1) is 6.92 Å². The van der Waals surface area contributed by atoms with E-state index < -0.39 is 0 Å². The van der Waals surface area contributed by atoms with Gasteiger partial charge in [-0.1, -0.05) is 12.1 Å². The molecule has 6 heteroatoms. The Hall–Kier alpha value is -3.41. The van der Waals surface area contributed by atoms with E-state index in [9.17, 15) is 0 Å². The SMILES string of the molecule is Cc1nc2ccccn2c1-c1ccnc(Nc2cccc(N(C)C)c2)n1. The van der Waals surface area contributed by atoms with Crippen LogP contribution in [0.2, 0.25) is 0 Å². The third-order valence-corrected chi connectivity index (χ3v) is 4.22. The summed E-state index contributed by atoms with van der Waals surface area (Å²) in [4.78, 5) is 15.7. The minimum Gasteiger partial charge on any atom is -0.378 e. The minimum atomic E-state index is 0.559. The molecule has 0 saturated heterocycles. The summed E-state index contributed by atoms with van der Waals surface area (Å²) in [5.74, 6) is 0.559. The number of hydrogen-bond acceptors (Lipinski definition) is 5. The topological polar surface area (TPSA) is 58.4 Å². The first-order valence-corrected chi connectivity index (χ1v) is 8.43. The molecule has 3 heterocycles. The van der Waals surface area contributed by atoms with Crippen molar-refractivity contribution in [3.8, 4) is 11.4 Å². The Kier molecular flexibility index (Phi) is 4.01. The van der Waals surface area contributed by atoms with E-state index in [1.165, 1.54) is 0 Å². The Balaban J connectivity index is 1.71. The first-order chi connectivity index (χ1) is 12.6. The average Bonchev–Trinajstić information content (AvgIpc) is 2.98. The number of rotatable bonds is 4. The largest absolute Gasteiger partial charge is 0.378 e. The summed E-state index contributed by atoms with van der Waals surface area (Å²) >= 11 is 0. The highest BCUT2D eigenvalue weighted by Crippen LogP contribution is 2.25. The van der Waals surface area contributed by atoms with E-state index in [0.29, 0.717) is 5.95 Å². The highest BCUT2D eigenvalue weighted by Gasteiger charge is 2.12. The zero-order chi connectivity index (χ0) is 18.1. The van der Waals surface area contributed by atoms with Gasteiger partial charge in [-0.25, -0.2) is 15.0 Å². The molecule has 0 aliphatic heterocycles. The number of benzene rings is 1. The highest BCUT2D eigenvalue weighted by molar-refractivity contribution is 5.66. The van der Waals surface area contributed by atoms with E-state index in [2.05, 4.69) is 32.3 Å². The summed E-state index contributed by atoms with van der Waals surface area (Å²) in [6, 6.07) is 16.0. The molecule has 0 amide bonds. The Morgan fingerprint density at radius 1 is 1.00 bits per heavy atom. The maximum atomic E-state index is 4.70. The van der Waals surface area contributed by atoms with Crippen LogP contribution in [0.5, 0.6) is 0 Å². The third kappa shape index (κ3) is 2.97. The van der Waals surface area contributed by atoms with Crippen LogP contribution in [0.1, 0.15) is 5.69 Å². The maximum Gasteiger partial charge on any atom is 0.227 e. The lowest BCUT2D eigenvalue weighted by Crippen LogP contribution is -2.08. The molecule has 0 fully saturated rings. The number of anilines is 3. The second-order valence-electron chi connectivity index (χ2n) is 6.31. The standard InChI is InChI=1S/C20H20N6/c1-14-19(26-12-5-4-9-18(26)22-14)17-10-11-21-20(24-17)23-15-7-6-8-16(13-15)25(2)3/h4-13H,1-3H3,(H,21,23,24). The number of aromatic nitrogens is 4. The zero-order valence-electron chi connectivity index (χ0n) is 15.0. The van der Waals surface area contributed by atoms with Gasteiger partial charge in [0.25, 0.3) is 0 Å². The molecule has 6 nitrogen and oxygen atoms in total. The average molecular weight is 344 g/mol. The van der Waals surface area contributed by atoms with Crippen LogP contribution < -0.4 is 10.2 Å². The summed E-state index contributed by atoms with van der Waals surface area (Å²) in [6.07, 6.45) is 3.77. The first kappa shape index (κ1) is 16.1. The highest BCUT2D eigenvalue weighted by atomic mass is 15.1. The van der Waals surface area contributed by atoms with Gasteiger partial charge in [-0.3, -0.25) is 4.40 Å². The van der Waals surface area contributed by atoms with Gasteiger partial charge in [0.05, 0.1) is 17.1 Å². The van der Waals surface area contributed by atoms with E-state index in [0.717, 1.165) is 34.1 Å². The van der Waals surface area contributed by atoms with Crippen molar-refractivity contribution in [2.75, 3.05) is 24.3 Å². The second kappa shape index (κ2) is 6.48. The molecule has 0 spiro atoms. The summed E-state index contributed by atoms with van der Waals surface area (Å²) in [5.41, 5.74) is 5.73. The predicted octanol–water partition coefficient (Wildman–Crippen LogP) is 3.91. The monoisotopic (exact) mass is 344 g/mol. The van der Waals surface area contributed by atoms with Gasteiger partial charge in [-0.15, -0.1) is 0 Å².